The molecule has 1 aromatic rings. The zero-order valence-corrected chi connectivity index (χ0v) is 12.4. The number of hydrogen-bond donors (Lipinski definition) is 1. The van der Waals surface area contributed by atoms with Crippen molar-refractivity contribution in [3.05, 3.63) is 28.7 Å². The molecule has 1 rings (SSSR count). The minimum Gasteiger partial charge on any atom is -0.492 e. The largest absolute Gasteiger partial charge is 0.492 e. The summed E-state index contributed by atoms with van der Waals surface area (Å²) in [6.45, 7) is 1.64. The number of carbonyl (C=O) groups is 1. The van der Waals surface area contributed by atoms with Crippen LogP contribution in [0, 0.1) is 12.3 Å². The number of nitrogens with zero attached hydrogens (tertiary/aromatic N) is 1. The number of ether oxygens (including phenoxy) is 1. The van der Waals surface area contributed by atoms with Crippen molar-refractivity contribution in [3.8, 4) is 18.1 Å². The number of benzene rings is 1. The van der Waals surface area contributed by atoms with Gasteiger partial charge in [-0.25, -0.2) is 0 Å². The Morgan fingerprint density at radius 3 is 2.79 bits per heavy atom. The zero-order chi connectivity index (χ0) is 14.1. The standard InChI is InChI=1S/C14H17BrN2O2/c1-3-8-16-11-14(18)17(2)9-10-19-13-6-4-12(15)5-7-13/h1,4-7,16H,8-11H2,2H3. The van der Waals surface area contributed by atoms with Crippen molar-refractivity contribution in [2.24, 2.45) is 0 Å². The fraction of sp³-hybridized carbons (Fsp3) is 0.357. The van der Waals surface area contributed by atoms with Crippen molar-refractivity contribution < 1.29 is 9.53 Å². The average Bonchev–Trinajstić information content (AvgIpc) is 2.41. The molecule has 0 radical (unpaired) electrons. The lowest BCUT2D eigenvalue weighted by molar-refractivity contribution is -0.129. The molecule has 19 heavy (non-hydrogen) atoms. The SMILES string of the molecule is C#CCNCC(=O)N(C)CCOc1ccc(Br)cc1. The van der Waals surface area contributed by atoms with Crippen LogP contribution in [0.4, 0.5) is 0 Å². The minimum atomic E-state index is -0.00495. The van der Waals surface area contributed by atoms with Crippen LogP contribution in [0.3, 0.4) is 0 Å². The van der Waals surface area contributed by atoms with E-state index in [9.17, 15) is 4.79 Å². The van der Waals surface area contributed by atoms with Crippen molar-refractivity contribution in [1.82, 2.24) is 10.2 Å². The van der Waals surface area contributed by atoms with Crippen LogP contribution in [-0.2, 0) is 4.79 Å². The van der Waals surface area contributed by atoms with Crippen molar-refractivity contribution in [1.29, 1.82) is 0 Å². The summed E-state index contributed by atoms with van der Waals surface area (Å²) in [6, 6.07) is 7.57. The van der Waals surface area contributed by atoms with E-state index in [1.807, 2.05) is 24.3 Å². The topological polar surface area (TPSA) is 41.6 Å². The molecule has 102 valence electrons. The Labute approximate surface area is 122 Å². The van der Waals surface area contributed by atoms with E-state index in [4.69, 9.17) is 11.2 Å². The van der Waals surface area contributed by atoms with Gasteiger partial charge in [-0.05, 0) is 24.3 Å². The van der Waals surface area contributed by atoms with E-state index in [1.54, 1.807) is 11.9 Å². The van der Waals surface area contributed by atoms with Crippen LogP contribution >= 0.6 is 15.9 Å². The molecule has 0 bridgehead atoms. The molecule has 0 spiro atoms. The molecular weight excluding hydrogens is 308 g/mol. The van der Waals surface area contributed by atoms with Crippen LogP contribution in [0.15, 0.2) is 28.7 Å². The Morgan fingerprint density at radius 2 is 2.16 bits per heavy atom. The van der Waals surface area contributed by atoms with Gasteiger partial charge in [-0.15, -0.1) is 6.42 Å². The summed E-state index contributed by atoms with van der Waals surface area (Å²) < 4.78 is 6.55. The van der Waals surface area contributed by atoms with Gasteiger partial charge in [0.05, 0.1) is 19.6 Å². The molecule has 0 aliphatic heterocycles. The molecule has 0 saturated heterocycles. The van der Waals surface area contributed by atoms with E-state index in [1.165, 1.54) is 0 Å². The Morgan fingerprint density at radius 1 is 1.47 bits per heavy atom. The third kappa shape index (κ3) is 6.27. The van der Waals surface area contributed by atoms with E-state index in [-0.39, 0.29) is 12.5 Å². The van der Waals surface area contributed by atoms with E-state index in [0.717, 1.165) is 10.2 Å². The smallest absolute Gasteiger partial charge is 0.236 e. The van der Waals surface area contributed by atoms with Crippen LogP contribution in [0.25, 0.3) is 0 Å². The Hall–Kier alpha value is -1.51. The second-order valence-corrected chi connectivity index (χ2v) is 4.84. The summed E-state index contributed by atoms with van der Waals surface area (Å²) in [5.74, 6) is 3.20. The molecular formula is C14H17BrN2O2. The summed E-state index contributed by atoms with van der Waals surface area (Å²) in [4.78, 5) is 13.3. The van der Waals surface area contributed by atoms with Gasteiger partial charge in [0.1, 0.15) is 12.4 Å². The lowest BCUT2D eigenvalue weighted by atomic mass is 10.3. The van der Waals surface area contributed by atoms with Gasteiger partial charge in [0.15, 0.2) is 0 Å². The van der Waals surface area contributed by atoms with E-state index >= 15 is 0 Å². The Kier molecular flexibility index (Phi) is 7.01. The lowest BCUT2D eigenvalue weighted by Crippen LogP contribution is -2.37. The molecule has 1 aromatic carbocycles. The highest BCUT2D eigenvalue weighted by molar-refractivity contribution is 9.10. The normalized spacial score (nSPS) is 9.74. The highest BCUT2D eigenvalue weighted by Crippen LogP contribution is 2.15. The maximum absolute atomic E-state index is 11.6. The maximum Gasteiger partial charge on any atom is 0.236 e. The molecule has 0 atom stereocenters. The first-order valence-corrected chi connectivity index (χ1v) is 6.69. The second kappa shape index (κ2) is 8.57. The van der Waals surface area contributed by atoms with Crippen molar-refractivity contribution in [2.45, 2.75) is 0 Å². The van der Waals surface area contributed by atoms with Gasteiger partial charge >= 0.3 is 0 Å². The molecule has 0 aromatic heterocycles. The van der Waals surface area contributed by atoms with Crippen LogP contribution in [0.1, 0.15) is 0 Å². The molecule has 4 nitrogen and oxygen atoms in total. The van der Waals surface area contributed by atoms with Crippen LogP contribution in [0.5, 0.6) is 5.75 Å². The number of amides is 1. The summed E-state index contributed by atoms with van der Waals surface area (Å²) in [5, 5.41) is 2.86. The first-order chi connectivity index (χ1) is 9.13. The number of rotatable bonds is 7. The first-order valence-electron chi connectivity index (χ1n) is 5.90. The fourth-order valence-corrected chi connectivity index (χ4v) is 1.60. The number of likely N-dealkylation sites (N-methyl/N-ethyl adjacent to an activating group) is 1. The van der Waals surface area contributed by atoms with E-state index in [0.29, 0.717) is 19.7 Å². The molecule has 1 N–H and O–H groups in total. The molecule has 1 amide bonds. The zero-order valence-electron chi connectivity index (χ0n) is 10.9. The number of terminal acetylenes is 1. The predicted octanol–water partition coefficient (Wildman–Crippen LogP) is 1.51. The number of nitrogens with one attached hydrogen (secondary N) is 1. The lowest BCUT2D eigenvalue weighted by Gasteiger charge is -2.17. The molecule has 0 aliphatic rings. The Balaban J connectivity index is 2.23. The van der Waals surface area contributed by atoms with Gasteiger partial charge in [-0.1, -0.05) is 21.9 Å². The highest BCUT2D eigenvalue weighted by atomic mass is 79.9. The molecule has 0 aliphatic carbocycles. The van der Waals surface area contributed by atoms with Gasteiger partial charge in [0.2, 0.25) is 5.91 Å². The summed E-state index contributed by atoms with van der Waals surface area (Å²) in [5.41, 5.74) is 0. The monoisotopic (exact) mass is 324 g/mol. The van der Waals surface area contributed by atoms with Gasteiger partial charge < -0.3 is 9.64 Å². The quantitative estimate of drug-likeness (QED) is 0.610. The maximum atomic E-state index is 11.6. The van der Waals surface area contributed by atoms with Gasteiger partial charge in [-0.3, -0.25) is 10.1 Å². The molecule has 0 heterocycles. The molecule has 5 heteroatoms. The number of carbonyl (C=O) groups excluding carboxylic acids is 1. The molecule has 0 saturated carbocycles. The van der Waals surface area contributed by atoms with E-state index < -0.39 is 0 Å². The van der Waals surface area contributed by atoms with Crippen molar-refractivity contribution in [3.63, 3.8) is 0 Å². The van der Waals surface area contributed by atoms with Crippen molar-refractivity contribution in [2.75, 3.05) is 33.3 Å². The van der Waals surface area contributed by atoms with Gasteiger partial charge in [0.25, 0.3) is 0 Å². The second-order valence-electron chi connectivity index (χ2n) is 3.93. The molecule has 0 fully saturated rings. The van der Waals surface area contributed by atoms with Crippen LogP contribution < -0.4 is 10.1 Å². The van der Waals surface area contributed by atoms with Crippen LogP contribution in [-0.4, -0.2) is 44.1 Å². The highest BCUT2D eigenvalue weighted by Gasteiger charge is 2.07. The first kappa shape index (κ1) is 15.5. The number of hydrogen-bond acceptors (Lipinski definition) is 3. The fourth-order valence-electron chi connectivity index (χ4n) is 1.33. The third-order valence-electron chi connectivity index (χ3n) is 2.44. The van der Waals surface area contributed by atoms with Crippen molar-refractivity contribution >= 4 is 21.8 Å². The predicted molar refractivity (Wildman–Crippen MR) is 79.0 cm³/mol. The van der Waals surface area contributed by atoms with Gasteiger partial charge in [-0.2, -0.15) is 0 Å². The third-order valence-corrected chi connectivity index (χ3v) is 2.97. The summed E-state index contributed by atoms with van der Waals surface area (Å²) in [6.07, 6.45) is 5.09. The molecule has 0 unspecified atom stereocenters. The number of halogens is 1. The summed E-state index contributed by atoms with van der Waals surface area (Å²) in [7, 11) is 1.74. The van der Waals surface area contributed by atoms with E-state index in [2.05, 4.69) is 27.2 Å². The minimum absolute atomic E-state index is 0.00495. The van der Waals surface area contributed by atoms with Gasteiger partial charge in [0, 0.05) is 11.5 Å². The Bertz CT molecular complexity index is 440. The average molecular weight is 325 g/mol. The summed E-state index contributed by atoms with van der Waals surface area (Å²) >= 11 is 3.36. The van der Waals surface area contributed by atoms with Crippen LogP contribution in [0.2, 0.25) is 0 Å².